The maximum absolute atomic E-state index is 12.9. The van der Waals surface area contributed by atoms with Gasteiger partial charge in [0.15, 0.2) is 0 Å². The number of rotatable bonds is 2. The van der Waals surface area contributed by atoms with Crippen LogP contribution >= 0.6 is 0 Å². The first-order valence-electron chi connectivity index (χ1n) is 7.69. The number of likely N-dealkylation sites (tertiary alicyclic amines) is 1. The van der Waals surface area contributed by atoms with Crippen molar-refractivity contribution in [3.8, 4) is 11.1 Å². The van der Waals surface area contributed by atoms with Gasteiger partial charge in [-0.2, -0.15) is 0 Å². The van der Waals surface area contributed by atoms with Crippen molar-refractivity contribution >= 4 is 5.91 Å². The molecule has 1 atom stereocenters. The Morgan fingerprint density at radius 3 is 2.52 bits per heavy atom. The van der Waals surface area contributed by atoms with Gasteiger partial charge in [0.1, 0.15) is 0 Å². The predicted octanol–water partition coefficient (Wildman–Crippen LogP) is 4.23. The minimum atomic E-state index is 0.168. The van der Waals surface area contributed by atoms with Crippen LogP contribution in [0.5, 0.6) is 0 Å². The number of carbonyl (C=O) groups is 1. The van der Waals surface area contributed by atoms with E-state index >= 15 is 0 Å². The zero-order chi connectivity index (χ0) is 14.7. The fourth-order valence-electron chi connectivity index (χ4n) is 3.08. The van der Waals surface area contributed by atoms with Crippen LogP contribution in [0.2, 0.25) is 0 Å². The second-order valence-corrected chi connectivity index (χ2v) is 5.91. The van der Waals surface area contributed by atoms with Crippen LogP contribution in [0.3, 0.4) is 0 Å². The molecule has 1 fully saturated rings. The van der Waals surface area contributed by atoms with Gasteiger partial charge in [-0.15, -0.1) is 0 Å². The number of carbonyl (C=O) groups excluding carboxylic acids is 1. The Hall–Kier alpha value is -2.09. The third-order valence-corrected chi connectivity index (χ3v) is 4.19. The van der Waals surface area contributed by atoms with Gasteiger partial charge >= 0.3 is 0 Å². The Morgan fingerprint density at radius 1 is 1.05 bits per heavy atom. The van der Waals surface area contributed by atoms with Crippen molar-refractivity contribution in [3.05, 3.63) is 60.2 Å². The molecule has 0 radical (unpaired) electrons. The lowest BCUT2D eigenvalue weighted by atomic mass is 9.96. The Kier molecular flexibility index (Phi) is 4.05. The maximum atomic E-state index is 12.9. The standard InChI is InChI=1S/C19H21NO/c1-15-8-7-13-20(14-15)19(21)18-12-6-5-11-17(18)16-9-3-2-4-10-16/h2-6,9-12,15H,7-8,13-14H2,1H3. The van der Waals surface area contributed by atoms with Gasteiger partial charge in [-0.3, -0.25) is 4.79 Å². The van der Waals surface area contributed by atoms with Crippen LogP contribution in [0.4, 0.5) is 0 Å². The molecule has 1 amide bonds. The predicted molar refractivity (Wildman–Crippen MR) is 86.2 cm³/mol. The third-order valence-electron chi connectivity index (χ3n) is 4.19. The maximum Gasteiger partial charge on any atom is 0.254 e. The number of piperidine rings is 1. The van der Waals surface area contributed by atoms with Crippen molar-refractivity contribution in [3.63, 3.8) is 0 Å². The van der Waals surface area contributed by atoms with Gasteiger partial charge in [0.05, 0.1) is 0 Å². The third kappa shape index (κ3) is 2.99. The van der Waals surface area contributed by atoms with Gasteiger partial charge in [-0.05, 0) is 36.0 Å². The van der Waals surface area contributed by atoms with E-state index in [9.17, 15) is 4.79 Å². The van der Waals surface area contributed by atoms with E-state index in [-0.39, 0.29) is 5.91 Å². The average Bonchev–Trinajstić information content (AvgIpc) is 2.55. The van der Waals surface area contributed by atoms with E-state index in [1.54, 1.807) is 0 Å². The fourth-order valence-corrected chi connectivity index (χ4v) is 3.08. The monoisotopic (exact) mass is 279 g/mol. The first-order valence-corrected chi connectivity index (χ1v) is 7.69. The molecule has 1 aliphatic heterocycles. The van der Waals surface area contributed by atoms with Gasteiger partial charge in [0.2, 0.25) is 0 Å². The summed E-state index contributed by atoms with van der Waals surface area (Å²) in [6.45, 7) is 3.98. The van der Waals surface area contributed by atoms with Crippen LogP contribution in [0.1, 0.15) is 30.1 Å². The molecule has 0 bridgehead atoms. The number of amides is 1. The normalized spacial score (nSPS) is 18.5. The SMILES string of the molecule is CC1CCCN(C(=O)c2ccccc2-c2ccccc2)C1. The zero-order valence-corrected chi connectivity index (χ0v) is 12.5. The summed E-state index contributed by atoms with van der Waals surface area (Å²) < 4.78 is 0. The Labute approximate surface area is 126 Å². The van der Waals surface area contributed by atoms with Crippen molar-refractivity contribution in [1.82, 2.24) is 4.90 Å². The van der Waals surface area contributed by atoms with Gasteiger partial charge in [-0.25, -0.2) is 0 Å². The van der Waals surface area contributed by atoms with E-state index in [1.807, 2.05) is 47.4 Å². The molecule has 0 spiro atoms. The lowest BCUT2D eigenvalue weighted by Crippen LogP contribution is -2.39. The van der Waals surface area contributed by atoms with Crippen LogP contribution in [0.25, 0.3) is 11.1 Å². The van der Waals surface area contributed by atoms with Crippen LogP contribution < -0.4 is 0 Å². The molecule has 1 aliphatic rings. The molecule has 0 N–H and O–H groups in total. The summed E-state index contributed by atoms with van der Waals surface area (Å²) in [5.74, 6) is 0.771. The van der Waals surface area contributed by atoms with E-state index in [0.29, 0.717) is 5.92 Å². The van der Waals surface area contributed by atoms with E-state index in [2.05, 4.69) is 19.1 Å². The van der Waals surface area contributed by atoms with E-state index in [4.69, 9.17) is 0 Å². The molecule has 108 valence electrons. The summed E-state index contributed by atoms with van der Waals surface area (Å²) in [5, 5.41) is 0. The first-order chi connectivity index (χ1) is 10.3. The topological polar surface area (TPSA) is 20.3 Å². The molecule has 2 nitrogen and oxygen atoms in total. The van der Waals surface area contributed by atoms with Gasteiger partial charge < -0.3 is 4.90 Å². The largest absolute Gasteiger partial charge is 0.338 e. The van der Waals surface area contributed by atoms with Crippen molar-refractivity contribution < 1.29 is 4.79 Å². The molecule has 3 rings (SSSR count). The van der Waals surface area contributed by atoms with Crippen LogP contribution in [-0.4, -0.2) is 23.9 Å². The quantitative estimate of drug-likeness (QED) is 0.805. The minimum Gasteiger partial charge on any atom is -0.338 e. The molecule has 1 saturated heterocycles. The molecule has 2 aromatic rings. The summed E-state index contributed by atoms with van der Waals surface area (Å²) in [6, 6.07) is 18.1. The molecule has 0 saturated carbocycles. The lowest BCUT2D eigenvalue weighted by Gasteiger charge is -2.31. The fraction of sp³-hybridized carbons (Fsp3) is 0.316. The Balaban J connectivity index is 1.94. The van der Waals surface area contributed by atoms with Crippen LogP contribution in [0, 0.1) is 5.92 Å². The highest BCUT2D eigenvalue weighted by Crippen LogP contribution is 2.26. The van der Waals surface area contributed by atoms with Crippen LogP contribution in [0.15, 0.2) is 54.6 Å². The Morgan fingerprint density at radius 2 is 1.76 bits per heavy atom. The molecule has 0 aliphatic carbocycles. The summed E-state index contributed by atoms with van der Waals surface area (Å²) >= 11 is 0. The highest BCUT2D eigenvalue weighted by atomic mass is 16.2. The van der Waals surface area contributed by atoms with Crippen LogP contribution in [-0.2, 0) is 0 Å². The summed E-state index contributed by atoms with van der Waals surface area (Å²) in [5.41, 5.74) is 2.95. The van der Waals surface area contributed by atoms with E-state index in [1.165, 1.54) is 6.42 Å². The smallest absolute Gasteiger partial charge is 0.254 e. The van der Waals surface area contributed by atoms with Gasteiger partial charge in [0, 0.05) is 18.7 Å². The number of benzene rings is 2. The number of hydrogen-bond donors (Lipinski definition) is 0. The highest BCUT2D eigenvalue weighted by Gasteiger charge is 2.23. The van der Waals surface area contributed by atoms with E-state index in [0.717, 1.165) is 36.2 Å². The zero-order valence-electron chi connectivity index (χ0n) is 12.5. The lowest BCUT2D eigenvalue weighted by molar-refractivity contribution is 0.0684. The van der Waals surface area contributed by atoms with E-state index < -0.39 is 0 Å². The van der Waals surface area contributed by atoms with Gasteiger partial charge in [-0.1, -0.05) is 55.5 Å². The van der Waals surface area contributed by atoms with Crippen molar-refractivity contribution in [2.45, 2.75) is 19.8 Å². The molecular formula is C19H21NO. The van der Waals surface area contributed by atoms with Crippen molar-refractivity contribution in [2.75, 3.05) is 13.1 Å². The summed E-state index contributed by atoms with van der Waals surface area (Å²) in [7, 11) is 0. The second-order valence-electron chi connectivity index (χ2n) is 5.91. The first kappa shape index (κ1) is 13.9. The highest BCUT2D eigenvalue weighted by molar-refractivity contribution is 6.00. The molecular weight excluding hydrogens is 258 g/mol. The minimum absolute atomic E-state index is 0.168. The molecule has 1 heterocycles. The second kappa shape index (κ2) is 6.13. The molecule has 2 aromatic carbocycles. The molecule has 0 aromatic heterocycles. The Bertz CT molecular complexity index is 620. The average molecular weight is 279 g/mol. The molecule has 1 unspecified atom stereocenters. The van der Waals surface area contributed by atoms with Gasteiger partial charge in [0.25, 0.3) is 5.91 Å². The summed E-state index contributed by atoms with van der Waals surface area (Å²) in [4.78, 5) is 14.9. The van der Waals surface area contributed by atoms with Crippen molar-refractivity contribution in [2.24, 2.45) is 5.92 Å². The molecule has 2 heteroatoms. The summed E-state index contributed by atoms with van der Waals surface area (Å²) in [6.07, 6.45) is 2.34. The van der Waals surface area contributed by atoms with Crippen molar-refractivity contribution in [1.29, 1.82) is 0 Å². The number of nitrogens with zero attached hydrogens (tertiary/aromatic N) is 1. The number of hydrogen-bond acceptors (Lipinski definition) is 1. The molecule has 21 heavy (non-hydrogen) atoms.